The highest BCUT2D eigenvalue weighted by atomic mass is 35.5. The molecule has 3 aromatic rings. The lowest BCUT2D eigenvalue weighted by molar-refractivity contribution is 0.103. The summed E-state index contributed by atoms with van der Waals surface area (Å²) in [6.45, 7) is 0. The molecule has 0 aliphatic rings. The molecule has 0 saturated heterocycles. The van der Waals surface area contributed by atoms with Crippen LogP contribution in [0.2, 0.25) is 5.02 Å². The van der Waals surface area contributed by atoms with Crippen LogP contribution < -0.4 is 10.5 Å². The average molecular weight is 328 g/mol. The molecule has 0 fully saturated rings. The second-order valence-electron chi connectivity index (χ2n) is 5.35. The highest BCUT2D eigenvalue weighted by Gasteiger charge is 2.21. The fraction of sp³-hybridized carbons (Fsp3) is 0.111. The van der Waals surface area contributed by atoms with E-state index < -0.39 is 11.4 Å². The Kier molecular flexibility index (Phi) is 3.92. The van der Waals surface area contributed by atoms with Gasteiger partial charge in [-0.05, 0) is 12.1 Å². The lowest BCUT2D eigenvalue weighted by Crippen LogP contribution is -2.16. The molecule has 0 aliphatic heterocycles. The third-order valence-corrected chi connectivity index (χ3v) is 4.00. The van der Waals surface area contributed by atoms with Crippen molar-refractivity contribution in [2.24, 2.45) is 0 Å². The van der Waals surface area contributed by atoms with Gasteiger partial charge in [0.2, 0.25) is 5.78 Å². The molecule has 3 rings (SSSR count). The molecule has 0 radical (unpaired) electrons. The molecule has 5 heteroatoms. The first kappa shape index (κ1) is 15.3. The van der Waals surface area contributed by atoms with Crippen molar-refractivity contribution in [2.75, 3.05) is 19.0 Å². The molecular weight excluding hydrogens is 314 g/mol. The minimum atomic E-state index is -0.729. The maximum Gasteiger partial charge on any atom is 0.349 e. The molecule has 0 amide bonds. The fourth-order valence-corrected chi connectivity index (χ4v) is 2.68. The number of carbonyl (C=O) groups excluding carboxylic acids is 1. The van der Waals surface area contributed by atoms with Gasteiger partial charge >= 0.3 is 5.63 Å². The van der Waals surface area contributed by atoms with Gasteiger partial charge in [0.1, 0.15) is 11.1 Å². The number of ketones is 1. The van der Waals surface area contributed by atoms with Gasteiger partial charge in [-0.25, -0.2) is 4.79 Å². The van der Waals surface area contributed by atoms with Crippen LogP contribution in [0.15, 0.2) is 57.7 Å². The van der Waals surface area contributed by atoms with Crippen LogP contribution in [0.3, 0.4) is 0 Å². The topological polar surface area (TPSA) is 50.5 Å². The van der Waals surface area contributed by atoms with Gasteiger partial charge < -0.3 is 9.32 Å². The van der Waals surface area contributed by atoms with Gasteiger partial charge in [0.25, 0.3) is 0 Å². The van der Waals surface area contributed by atoms with Crippen LogP contribution in [0.25, 0.3) is 11.0 Å². The molecule has 0 unspecified atom stereocenters. The molecule has 1 aromatic heterocycles. The normalized spacial score (nSPS) is 10.7. The van der Waals surface area contributed by atoms with Crippen LogP contribution in [0.5, 0.6) is 0 Å². The molecule has 23 heavy (non-hydrogen) atoms. The monoisotopic (exact) mass is 327 g/mol. The van der Waals surface area contributed by atoms with Crippen molar-refractivity contribution in [1.82, 2.24) is 0 Å². The Morgan fingerprint density at radius 3 is 2.43 bits per heavy atom. The lowest BCUT2D eigenvalue weighted by Gasteiger charge is -2.13. The molecule has 0 bridgehead atoms. The van der Waals surface area contributed by atoms with Gasteiger partial charge in [-0.3, -0.25) is 4.79 Å². The molecule has 116 valence electrons. The SMILES string of the molecule is CN(C)c1ccc2c(Cl)c(C(=O)c3ccccc3)c(=O)oc2c1. The second-order valence-corrected chi connectivity index (χ2v) is 5.73. The minimum absolute atomic E-state index is 0.121. The predicted molar refractivity (Wildman–Crippen MR) is 91.7 cm³/mol. The zero-order valence-electron chi connectivity index (χ0n) is 12.7. The second kappa shape index (κ2) is 5.89. The van der Waals surface area contributed by atoms with E-state index in [4.69, 9.17) is 16.0 Å². The molecule has 4 nitrogen and oxygen atoms in total. The fourth-order valence-electron chi connectivity index (χ4n) is 2.36. The van der Waals surface area contributed by atoms with Crippen LogP contribution in [0.4, 0.5) is 5.69 Å². The molecule has 0 spiro atoms. The minimum Gasteiger partial charge on any atom is -0.422 e. The summed E-state index contributed by atoms with van der Waals surface area (Å²) in [7, 11) is 3.77. The summed E-state index contributed by atoms with van der Waals surface area (Å²) in [5.41, 5.74) is 0.760. The summed E-state index contributed by atoms with van der Waals surface area (Å²) in [4.78, 5) is 26.7. The summed E-state index contributed by atoms with van der Waals surface area (Å²) in [6.07, 6.45) is 0. The van der Waals surface area contributed by atoms with Crippen LogP contribution in [-0.2, 0) is 0 Å². The van der Waals surface area contributed by atoms with E-state index in [9.17, 15) is 9.59 Å². The molecule has 0 saturated carbocycles. The lowest BCUT2D eigenvalue weighted by atomic mass is 10.0. The number of hydrogen-bond acceptors (Lipinski definition) is 4. The van der Waals surface area contributed by atoms with Gasteiger partial charge in [-0.1, -0.05) is 41.9 Å². The smallest absolute Gasteiger partial charge is 0.349 e. The van der Waals surface area contributed by atoms with Crippen molar-refractivity contribution in [1.29, 1.82) is 0 Å². The van der Waals surface area contributed by atoms with Crippen LogP contribution in [-0.4, -0.2) is 19.9 Å². The summed E-state index contributed by atoms with van der Waals surface area (Å²) < 4.78 is 5.32. The highest BCUT2D eigenvalue weighted by molar-refractivity contribution is 6.39. The zero-order valence-corrected chi connectivity index (χ0v) is 13.4. The Hall–Kier alpha value is -2.59. The molecule has 0 aliphatic carbocycles. The van der Waals surface area contributed by atoms with Gasteiger partial charge in [-0.15, -0.1) is 0 Å². The summed E-state index contributed by atoms with van der Waals surface area (Å²) in [5, 5.41) is 0.659. The predicted octanol–water partition coefficient (Wildman–Crippen LogP) is 3.74. The quantitative estimate of drug-likeness (QED) is 0.543. The molecule has 0 atom stereocenters. The number of fused-ring (bicyclic) bond motifs is 1. The van der Waals surface area contributed by atoms with Crippen molar-refractivity contribution >= 4 is 34.0 Å². The van der Waals surface area contributed by atoms with Crippen molar-refractivity contribution in [3.8, 4) is 0 Å². The Balaban J connectivity index is 2.21. The maximum absolute atomic E-state index is 12.6. The summed E-state index contributed by atoms with van der Waals surface area (Å²) >= 11 is 6.33. The molecule has 0 N–H and O–H groups in total. The zero-order chi connectivity index (χ0) is 16.6. The number of hydrogen-bond donors (Lipinski definition) is 0. The first-order chi connectivity index (χ1) is 11.0. The molecular formula is C18H14ClNO3. The number of halogens is 1. The van der Waals surface area contributed by atoms with E-state index in [0.29, 0.717) is 16.5 Å². The number of carbonyl (C=O) groups is 1. The van der Waals surface area contributed by atoms with Crippen molar-refractivity contribution < 1.29 is 9.21 Å². The first-order valence-electron chi connectivity index (χ1n) is 7.02. The molecule has 1 heterocycles. The number of rotatable bonds is 3. The highest BCUT2D eigenvalue weighted by Crippen LogP contribution is 2.29. The molecule has 2 aromatic carbocycles. The third kappa shape index (κ3) is 2.73. The maximum atomic E-state index is 12.6. The van der Waals surface area contributed by atoms with Crippen molar-refractivity contribution in [2.45, 2.75) is 0 Å². The Morgan fingerprint density at radius 2 is 1.78 bits per heavy atom. The summed E-state index contributed by atoms with van der Waals surface area (Å²) in [6, 6.07) is 13.8. The average Bonchev–Trinajstić information content (AvgIpc) is 2.55. The van der Waals surface area contributed by atoms with Crippen molar-refractivity contribution in [3.05, 3.63) is 75.1 Å². The number of anilines is 1. The van der Waals surface area contributed by atoms with E-state index in [1.54, 1.807) is 42.5 Å². The summed E-state index contributed by atoms with van der Waals surface area (Å²) in [5.74, 6) is -0.442. The van der Waals surface area contributed by atoms with Gasteiger partial charge in [0.15, 0.2) is 0 Å². The Bertz CT molecular complexity index is 946. The standard InChI is InChI=1S/C18H14ClNO3/c1-20(2)12-8-9-13-14(10-12)23-18(22)15(16(13)19)17(21)11-6-4-3-5-7-11/h3-10H,1-2H3. The first-order valence-corrected chi connectivity index (χ1v) is 7.40. The van der Waals surface area contributed by atoms with Gasteiger partial charge in [0.05, 0.1) is 5.02 Å². The van der Waals surface area contributed by atoms with E-state index in [-0.39, 0.29) is 10.6 Å². The number of nitrogens with zero attached hydrogens (tertiary/aromatic N) is 1. The van der Waals surface area contributed by atoms with E-state index in [1.807, 2.05) is 25.1 Å². The van der Waals surface area contributed by atoms with Crippen LogP contribution in [0.1, 0.15) is 15.9 Å². The third-order valence-electron chi connectivity index (χ3n) is 3.61. The van der Waals surface area contributed by atoms with E-state index in [2.05, 4.69) is 0 Å². The Labute approximate surface area is 137 Å². The number of benzene rings is 2. The van der Waals surface area contributed by atoms with E-state index in [0.717, 1.165) is 5.69 Å². The van der Waals surface area contributed by atoms with E-state index in [1.165, 1.54) is 0 Å². The van der Waals surface area contributed by atoms with Crippen molar-refractivity contribution in [3.63, 3.8) is 0 Å². The largest absolute Gasteiger partial charge is 0.422 e. The van der Waals surface area contributed by atoms with Crippen LogP contribution in [0, 0.1) is 0 Å². The van der Waals surface area contributed by atoms with E-state index >= 15 is 0 Å². The Morgan fingerprint density at radius 1 is 1.09 bits per heavy atom. The van der Waals surface area contributed by atoms with Crippen LogP contribution >= 0.6 is 11.6 Å². The van der Waals surface area contributed by atoms with Gasteiger partial charge in [-0.2, -0.15) is 0 Å². The van der Waals surface area contributed by atoms with Gasteiger partial charge in [0, 0.05) is 36.8 Å².